The summed E-state index contributed by atoms with van der Waals surface area (Å²) >= 11 is 0. The van der Waals surface area contributed by atoms with E-state index < -0.39 is 0 Å². The SMILES string of the molecule is c1ccc(N(c2ccc(-c3ccc4cc5c(cc4c3)oc3cc4cc(-c6ccc(N(c7ccccc7)c7cccc8c7oc7ccccc78)cc6)ccc4cc35)cc2)c2cccc3c2oc2ccccc23)cc1. The van der Waals surface area contributed by atoms with Gasteiger partial charge < -0.3 is 23.1 Å². The van der Waals surface area contributed by atoms with Crippen LogP contribution in [0.1, 0.15) is 0 Å². The van der Waals surface area contributed by atoms with E-state index in [1.165, 1.54) is 10.8 Å². The van der Waals surface area contributed by atoms with E-state index in [0.717, 1.165) is 133 Å². The first-order chi connectivity index (χ1) is 36.1. The standard InChI is InChI=1S/C68H42N2O3/c1-3-13-51(14-4-1)69(61-21-11-19-57-55-17-7-9-23-63(55)72-67(57)61)53-33-29-43(30-34-53)45-25-27-47-39-59-60-40-48-28-26-46(38-50(48)42-66(60)71-65(59)41-49(47)37-45)44-31-35-54(36-32-44)70(52-15-5-2-6-16-52)62-22-12-20-58-56-18-8-10-24-64(56)73-68(58)62/h1-42H. The Morgan fingerprint density at radius 1 is 0.219 bits per heavy atom. The highest BCUT2D eigenvalue weighted by atomic mass is 16.3. The molecule has 342 valence electrons. The van der Waals surface area contributed by atoms with Crippen molar-refractivity contribution in [2.75, 3.05) is 9.80 Å². The first-order valence-corrected chi connectivity index (χ1v) is 24.7. The van der Waals surface area contributed by atoms with Gasteiger partial charge in [-0.15, -0.1) is 0 Å². The van der Waals surface area contributed by atoms with E-state index >= 15 is 0 Å². The molecule has 0 radical (unpaired) electrons. The molecule has 0 saturated heterocycles. The second kappa shape index (κ2) is 16.4. The average Bonchev–Trinajstić information content (AvgIpc) is 4.15. The van der Waals surface area contributed by atoms with Crippen molar-refractivity contribution in [3.63, 3.8) is 0 Å². The predicted octanol–water partition coefficient (Wildman–Crippen LogP) is 20.0. The molecule has 5 heteroatoms. The van der Waals surface area contributed by atoms with Gasteiger partial charge in [0.15, 0.2) is 11.2 Å². The van der Waals surface area contributed by atoms with Crippen LogP contribution in [0.4, 0.5) is 34.1 Å². The molecule has 0 N–H and O–H groups in total. The van der Waals surface area contributed by atoms with Gasteiger partial charge in [-0.25, -0.2) is 0 Å². The maximum absolute atomic E-state index is 6.69. The third-order valence-corrected chi connectivity index (χ3v) is 14.6. The van der Waals surface area contributed by atoms with E-state index in [-0.39, 0.29) is 0 Å². The molecule has 3 heterocycles. The van der Waals surface area contributed by atoms with Crippen LogP contribution in [0.3, 0.4) is 0 Å². The number of nitrogens with zero attached hydrogens (tertiary/aromatic N) is 2. The summed E-state index contributed by atoms with van der Waals surface area (Å²) in [5, 5.41) is 11.3. The van der Waals surface area contributed by atoms with E-state index in [1.807, 2.05) is 24.3 Å². The van der Waals surface area contributed by atoms with Crippen LogP contribution < -0.4 is 9.80 Å². The summed E-state index contributed by atoms with van der Waals surface area (Å²) in [5.74, 6) is 0. The number of para-hydroxylation sites is 6. The van der Waals surface area contributed by atoms with Gasteiger partial charge in [-0.1, -0.05) is 146 Å². The van der Waals surface area contributed by atoms with E-state index in [4.69, 9.17) is 13.3 Å². The van der Waals surface area contributed by atoms with Gasteiger partial charge in [0.05, 0.1) is 11.4 Å². The Morgan fingerprint density at radius 2 is 0.603 bits per heavy atom. The number of fused-ring (bicyclic) bond motifs is 11. The smallest absolute Gasteiger partial charge is 0.159 e. The molecule has 5 nitrogen and oxygen atoms in total. The molecule has 0 aliphatic carbocycles. The summed E-state index contributed by atoms with van der Waals surface area (Å²) < 4.78 is 19.7. The Hall–Kier alpha value is -9.84. The quantitative estimate of drug-likeness (QED) is 0.152. The normalized spacial score (nSPS) is 11.8. The second-order valence-electron chi connectivity index (χ2n) is 18.9. The van der Waals surface area contributed by atoms with Crippen LogP contribution >= 0.6 is 0 Å². The minimum absolute atomic E-state index is 0.865. The monoisotopic (exact) mass is 934 g/mol. The number of hydrogen-bond acceptors (Lipinski definition) is 5. The van der Waals surface area contributed by atoms with Gasteiger partial charge in [0.2, 0.25) is 0 Å². The molecule has 0 aliphatic rings. The molecule has 12 aromatic carbocycles. The zero-order chi connectivity index (χ0) is 48.0. The minimum Gasteiger partial charge on any atom is -0.456 e. The number of hydrogen-bond donors (Lipinski definition) is 0. The zero-order valence-corrected chi connectivity index (χ0v) is 39.4. The lowest BCUT2D eigenvalue weighted by Gasteiger charge is -2.25. The predicted molar refractivity (Wildman–Crippen MR) is 304 cm³/mol. The maximum atomic E-state index is 6.69. The molecule has 15 rings (SSSR count). The van der Waals surface area contributed by atoms with Gasteiger partial charge in [0.1, 0.15) is 22.3 Å². The Balaban J connectivity index is 0.742. The number of furan rings is 3. The summed E-state index contributed by atoms with van der Waals surface area (Å²) in [7, 11) is 0. The second-order valence-corrected chi connectivity index (χ2v) is 18.9. The average molecular weight is 935 g/mol. The molecular formula is C68H42N2O3. The third kappa shape index (κ3) is 6.78. The molecule has 0 spiro atoms. The van der Waals surface area contributed by atoms with E-state index in [2.05, 4.69) is 240 Å². The van der Waals surface area contributed by atoms with Crippen LogP contribution in [-0.4, -0.2) is 0 Å². The fourth-order valence-electron chi connectivity index (χ4n) is 11.1. The van der Waals surface area contributed by atoms with Crippen molar-refractivity contribution in [1.82, 2.24) is 0 Å². The highest BCUT2D eigenvalue weighted by Gasteiger charge is 2.21. The van der Waals surface area contributed by atoms with Crippen molar-refractivity contribution in [3.05, 3.63) is 255 Å². The minimum atomic E-state index is 0.865. The largest absolute Gasteiger partial charge is 0.456 e. The van der Waals surface area contributed by atoms with Gasteiger partial charge in [-0.05, 0) is 153 Å². The maximum Gasteiger partial charge on any atom is 0.159 e. The zero-order valence-electron chi connectivity index (χ0n) is 39.4. The Kier molecular flexibility index (Phi) is 9.19. The van der Waals surface area contributed by atoms with E-state index in [0.29, 0.717) is 0 Å². The van der Waals surface area contributed by atoms with Crippen LogP contribution in [0, 0.1) is 0 Å². The van der Waals surface area contributed by atoms with E-state index in [9.17, 15) is 0 Å². The fourth-order valence-corrected chi connectivity index (χ4v) is 11.1. The number of anilines is 6. The van der Waals surface area contributed by atoms with E-state index in [1.54, 1.807) is 0 Å². The van der Waals surface area contributed by atoms with Crippen molar-refractivity contribution in [2.45, 2.75) is 0 Å². The Morgan fingerprint density at radius 3 is 1.05 bits per heavy atom. The highest BCUT2D eigenvalue weighted by molar-refractivity contribution is 6.15. The molecule has 3 aromatic heterocycles. The topological polar surface area (TPSA) is 45.9 Å². The molecular weight excluding hydrogens is 893 g/mol. The first kappa shape index (κ1) is 41.0. The molecule has 0 atom stereocenters. The lowest BCUT2D eigenvalue weighted by atomic mass is 9.98. The van der Waals surface area contributed by atoms with Gasteiger partial charge in [-0.3, -0.25) is 0 Å². The molecule has 0 bridgehead atoms. The van der Waals surface area contributed by atoms with Crippen molar-refractivity contribution in [2.24, 2.45) is 0 Å². The molecule has 73 heavy (non-hydrogen) atoms. The first-order valence-electron chi connectivity index (χ1n) is 24.7. The van der Waals surface area contributed by atoms with Crippen LogP contribution in [0.2, 0.25) is 0 Å². The molecule has 15 aromatic rings. The Labute approximate surface area is 419 Å². The van der Waals surface area contributed by atoms with Crippen molar-refractivity contribution >= 4 is 121 Å². The highest BCUT2D eigenvalue weighted by Crippen LogP contribution is 2.45. The van der Waals surface area contributed by atoms with Crippen LogP contribution in [-0.2, 0) is 0 Å². The lowest BCUT2D eigenvalue weighted by molar-refractivity contribution is 0.668. The summed E-state index contributed by atoms with van der Waals surface area (Å²) in [5.41, 5.74) is 16.0. The van der Waals surface area contributed by atoms with Crippen molar-refractivity contribution < 1.29 is 13.3 Å². The summed E-state index contributed by atoms with van der Waals surface area (Å²) in [6, 6.07) is 90.3. The lowest BCUT2D eigenvalue weighted by Crippen LogP contribution is -2.10. The number of benzene rings is 12. The summed E-state index contributed by atoms with van der Waals surface area (Å²) in [4.78, 5) is 4.56. The van der Waals surface area contributed by atoms with Gasteiger partial charge in [0.25, 0.3) is 0 Å². The summed E-state index contributed by atoms with van der Waals surface area (Å²) in [6.45, 7) is 0. The molecule has 0 unspecified atom stereocenters. The summed E-state index contributed by atoms with van der Waals surface area (Å²) in [6.07, 6.45) is 0. The molecule has 0 aliphatic heterocycles. The van der Waals surface area contributed by atoms with Crippen LogP contribution in [0.25, 0.3) is 110 Å². The van der Waals surface area contributed by atoms with Crippen molar-refractivity contribution in [3.8, 4) is 22.3 Å². The van der Waals surface area contributed by atoms with Gasteiger partial charge in [0, 0.05) is 55.1 Å². The molecule has 0 amide bonds. The van der Waals surface area contributed by atoms with Gasteiger partial charge in [-0.2, -0.15) is 0 Å². The number of rotatable bonds is 8. The van der Waals surface area contributed by atoms with Crippen LogP contribution in [0.15, 0.2) is 268 Å². The van der Waals surface area contributed by atoms with Crippen molar-refractivity contribution in [1.29, 1.82) is 0 Å². The Bertz CT molecular complexity index is 4310. The van der Waals surface area contributed by atoms with Gasteiger partial charge >= 0.3 is 0 Å². The van der Waals surface area contributed by atoms with Crippen LogP contribution in [0.5, 0.6) is 0 Å². The molecule has 0 saturated carbocycles. The third-order valence-electron chi connectivity index (χ3n) is 14.6. The fraction of sp³-hybridized carbons (Fsp3) is 0. The molecule has 0 fully saturated rings.